The van der Waals surface area contributed by atoms with E-state index in [9.17, 15) is 9.59 Å². The van der Waals surface area contributed by atoms with Crippen molar-refractivity contribution in [1.29, 1.82) is 0 Å². The Morgan fingerprint density at radius 3 is 2.67 bits per heavy atom. The number of benzene rings is 2. The van der Waals surface area contributed by atoms with Crippen molar-refractivity contribution in [1.82, 2.24) is 0 Å². The molecule has 6 nitrogen and oxygen atoms in total. The van der Waals surface area contributed by atoms with Crippen molar-refractivity contribution in [3.05, 3.63) is 47.5 Å². The molecule has 0 saturated heterocycles. The van der Waals surface area contributed by atoms with Gasteiger partial charge < -0.3 is 20.1 Å². The summed E-state index contributed by atoms with van der Waals surface area (Å²) in [7, 11) is 0. The maximum Gasteiger partial charge on any atom is 0.255 e. The molecule has 1 aliphatic carbocycles. The molecule has 0 atom stereocenters. The van der Waals surface area contributed by atoms with Gasteiger partial charge in [-0.25, -0.2) is 0 Å². The summed E-state index contributed by atoms with van der Waals surface area (Å²) in [5, 5.41) is 5.96. The molecule has 1 spiro atoms. The molecule has 27 heavy (non-hydrogen) atoms. The first-order valence-corrected chi connectivity index (χ1v) is 9.33. The van der Waals surface area contributed by atoms with E-state index in [1.165, 1.54) is 6.42 Å². The normalized spacial score (nSPS) is 18.9. The monoisotopic (exact) mass is 364 g/mol. The number of hydrogen-bond acceptors (Lipinski definition) is 4. The van der Waals surface area contributed by atoms with Crippen LogP contribution in [0.15, 0.2) is 36.4 Å². The van der Waals surface area contributed by atoms with Crippen LogP contribution in [0.2, 0.25) is 0 Å². The molecule has 2 N–H and O–H groups in total. The van der Waals surface area contributed by atoms with Crippen LogP contribution in [-0.4, -0.2) is 18.6 Å². The zero-order valence-electron chi connectivity index (χ0n) is 14.8. The molecular formula is C21H20N2O4. The highest BCUT2D eigenvalue weighted by molar-refractivity contribution is 6.08. The fourth-order valence-corrected chi connectivity index (χ4v) is 4.38. The number of carbonyl (C=O) groups is 2. The van der Waals surface area contributed by atoms with E-state index in [1.54, 1.807) is 18.2 Å². The molecule has 2 amide bonds. The van der Waals surface area contributed by atoms with E-state index in [2.05, 4.69) is 10.6 Å². The molecular weight excluding hydrogens is 344 g/mol. The Morgan fingerprint density at radius 1 is 1.00 bits per heavy atom. The highest BCUT2D eigenvalue weighted by Crippen LogP contribution is 2.48. The molecule has 2 aromatic rings. The second-order valence-corrected chi connectivity index (χ2v) is 7.38. The molecule has 1 saturated carbocycles. The molecule has 6 heteroatoms. The van der Waals surface area contributed by atoms with E-state index in [1.807, 2.05) is 18.2 Å². The van der Waals surface area contributed by atoms with Gasteiger partial charge in [-0.15, -0.1) is 0 Å². The summed E-state index contributed by atoms with van der Waals surface area (Å²) >= 11 is 0. The topological polar surface area (TPSA) is 76.7 Å². The van der Waals surface area contributed by atoms with E-state index in [0.29, 0.717) is 22.7 Å². The van der Waals surface area contributed by atoms with Gasteiger partial charge in [0.1, 0.15) is 0 Å². The molecule has 0 aromatic heterocycles. The summed E-state index contributed by atoms with van der Waals surface area (Å²) in [6, 6.07) is 10.8. The Labute approximate surface area is 156 Å². The lowest BCUT2D eigenvalue weighted by Crippen LogP contribution is -2.36. The smallest absolute Gasteiger partial charge is 0.255 e. The van der Waals surface area contributed by atoms with Crippen molar-refractivity contribution in [2.45, 2.75) is 37.5 Å². The Kier molecular flexibility index (Phi) is 3.60. The number of ether oxygens (including phenoxy) is 2. The van der Waals surface area contributed by atoms with Crippen molar-refractivity contribution in [3.8, 4) is 11.5 Å². The molecule has 2 aliphatic heterocycles. The van der Waals surface area contributed by atoms with Crippen LogP contribution < -0.4 is 20.1 Å². The highest BCUT2D eigenvalue weighted by atomic mass is 16.7. The fraction of sp³-hybridized carbons (Fsp3) is 0.333. The molecule has 3 aliphatic rings. The minimum absolute atomic E-state index is 0.0939. The lowest BCUT2D eigenvalue weighted by molar-refractivity contribution is -0.121. The van der Waals surface area contributed by atoms with Gasteiger partial charge in [0.25, 0.3) is 5.91 Å². The van der Waals surface area contributed by atoms with Gasteiger partial charge in [-0.1, -0.05) is 19.3 Å². The summed E-state index contributed by atoms with van der Waals surface area (Å²) in [6.07, 6.45) is 5.02. The van der Waals surface area contributed by atoms with Crippen molar-refractivity contribution in [2.75, 3.05) is 17.4 Å². The lowest BCUT2D eigenvalue weighted by atomic mass is 9.70. The van der Waals surface area contributed by atoms with E-state index in [4.69, 9.17) is 9.47 Å². The first-order valence-electron chi connectivity index (χ1n) is 9.33. The number of amides is 2. The van der Waals surface area contributed by atoms with Crippen LogP contribution in [0, 0.1) is 0 Å². The lowest BCUT2D eigenvalue weighted by Gasteiger charge is -2.31. The van der Waals surface area contributed by atoms with Gasteiger partial charge in [0, 0.05) is 16.9 Å². The van der Waals surface area contributed by atoms with Crippen LogP contribution >= 0.6 is 0 Å². The molecule has 2 aromatic carbocycles. The largest absolute Gasteiger partial charge is 0.454 e. The predicted octanol–water partition coefficient (Wildman–Crippen LogP) is 3.82. The number of carbonyl (C=O) groups excluding carboxylic acids is 2. The number of rotatable bonds is 2. The molecule has 1 fully saturated rings. The average Bonchev–Trinajstić information content (AvgIpc) is 3.26. The third-order valence-corrected chi connectivity index (χ3v) is 5.82. The zero-order valence-corrected chi connectivity index (χ0v) is 14.8. The van der Waals surface area contributed by atoms with Crippen LogP contribution in [0.4, 0.5) is 11.4 Å². The zero-order chi connectivity index (χ0) is 18.4. The van der Waals surface area contributed by atoms with Crippen molar-refractivity contribution in [2.24, 2.45) is 0 Å². The number of nitrogens with one attached hydrogen (secondary N) is 2. The van der Waals surface area contributed by atoms with Gasteiger partial charge in [-0.2, -0.15) is 0 Å². The Morgan fingerprint density at radius 2 is 1.81 bits per heavy atom. The Balaban J connectivity index is 1.42. The molecule has 5 rings (SSSR count). The van der Waals surface area contributed by atoms with Gasteiger partial charge in [-0.3, -0.25) is 9.59 Å². The van der Waals surface area contributed by atoms with Crippen molar-refractivity contribution >= 4 is 23.2 Å². The molecule has 0 radical (unpaired) electrons. The summed E-state index contributed by atoms with van der Waals surface area (Å²) in [6.45, 7) is 0.175. The van der Waals surface area contributed by atoms with Crippen LogP contribution in [-0.2, 0) is 10.2 Å². The summed E-state index contributed by atoms with van der Waals surface area (Å²) in [4.78, 5) is 25.3. The quantitative estimate of drug-likeness (QED) is 0.849. The maximum absolute atomic E-state index is 12.7. The average molecular weight is 364 g/mol. The van der Waals surface area contributed by atoms with Crippen LogP contribution in [0.1, 0.15) is 48.0 Å². The standard InChI is InChI=1S/C21H20N2O4/c24-19(13-4-7-17-18(10-13)27-12-26-17)22-14-5-6-16-15(11-14)21(20(25)23-16)8-2-1-3-9-21/h4-7,10-11H,1-3,8-9,12H2,(H,22,24)(H,23,25). The number of hydrogen-bond donors (Lipinski definition) is 2. The molecule has 2 heterocycles. The summed E-state index contributed by atoms with van der Waals surface area (Å²) < 4.78 is 10.6. The first-order chi connectivity index (χ1) is 13.2. The van der Waals surface area contributed by atoms with Gasteiger partial charge in [0.15, 0.2) is 11.5 Å². The predicted molar refractivity (Wildman–Crippen MR) is 100 cm³/mol. The molecule has 0 unspecified atom stereocenters. The summed E-state index contributed by atoms with van der Waals surface area (Å²) in [5.41, 5.74) is 2.63. The second kappa shape index (κ2) is 6.01. The van der Waals surface area contributed by atoms with Crippen molar-refractivity contribution < 1.29 is 19.1 Å². The molecule has 0 bridgehead atoms. The third kappa shape index (κ3) is 2.55. The van der Waals surface area contributed by atoms with Gasteiger partial charge in [-0.05, 0) is 54.8 Å². The Hall–Kier alpha value is -3.02. The number of anilines is 2. The third-order valence-electron chi connectivity index (χ3n) is 5.82. The van der Waals surface area contributed by atoms with E-state index < -0.39 is 5.41 Å². The first kappa shape index (κ1) is 16.2. The second-order valence-electron chi connectivity index (χ2n) is 7.38. The van der Waals surface area contributed by atoms with Gasteiger partial charge in [0.05, 0.1) is 5.41 Å². The van der Waals surface area contributed by atoms with E-state index >= 15 is 0 Å². The van der Waals surface area contributed by atoms with Crippen LogP contribution in [0.5, 0.6) is 11.5 Å². The maximum atomic E-state index is 12.7. The van der Waals surface area contributed by atoms with E-state index in [-0.39, 0.29) is 18.6 Å². The minimum atomic E-state index is -0.437. The van der Waals surface area contributed by atoms with Gasteiger partial charge >= 0.3 is 0 Å². The van der Waals surface area contributed by atoms with Crippen molar-refractivity contribution in [3.63, 3.8) is 0 Å². The number of fused-ring (bicyclic) bond motifs is 3. The SMILES string of the molecule is O=C(Nc1ccc2c(c1)C1(CCCCC1)C(=O)N2)c1ccc2c(c1)OCO2. The van der Waals surface area contributed by atoms with Gasteiger partial charge in [0.2, 0.25) is 12.7 Å². The van der Waals surface area contributed by atoms with Crippen LogP contribution in [0.25, 0.3) is 0 Å². The summed E-state index contributed by atoms with van der Waals surface area (Å²) in [5.74, 6) is 1.10. The molecule has 138 valence electrons. The van der Waals surface area contributed by atoms with Crippen LogP contribution in [0.3, 0.4) is 0 Å². The highest BCUT2D eigenvalue weighted by Gasteiger charge is 2.47. The fourth-order valence-electron chi connectivity index (χ4n) is 4.38. The minimum Gasteiger partial charge on any atom is -0.454 e. The van der Waals surface area contributed by atoms with E-state index in [0.717, 1.165) is 36.9 Å². The Bertz CT molecular complexity index is 947.